The minimum atomic E-state index is -0.977. The molecule has 0 saturated carbocycles. The van der Waals surface area contributed by atoms with Crippen LogP contribution in [0.1, 0.15) is 19.2 Å². The molecular weight excluding hydrogens is 410 g/mol. The summed E-state index contributed by atoms with van der Waals surface area (Å²) < 4.78 is 20.7. The van der Waals surface area contributed by atoms with Gasteiger partial charge in [-0.25, -0.2) is 0 Å². The Bertz CT molecular complexity index is 1000. The van der Waals surface area contributed by atoms with Gasteiger partial charge in [-0.15, -0.1) is 11.3 Å². The number of rotatable bonds is 9. The maximum atomic E-state index is 12.3. The number of carbonyl (C=O) groups excluding carboxylic acids is 2. The highest BCUT2D eigenvalue weighted by Gasteiger charge is 2.19. The van der Waals surface area contributed by atoms with Gasteiger partial charge in [-0.2, -0.15) is 4.98 Å². The molecule has 1 aromatic carbocycles. The van der Waals surface area contributed by atoms with E-state index in [2.05, 4.69) is 15.5 Å². The minimum Gasteiger partial charge on any atom is -0.493 e. The lowest BCUT2D eigenvalue weighted by Gasteiger charge is -2.14. The van der Waals surface area contributed by atoms with E-state index in [0.717, 1.165) is 4.88 Å². The van der Waals surface area contributed by atoms with Gasteiger partial charge in [-0.05, 0) is 30.5 Å². The van der Waals surface area contributed by atoms with Gasteiger partial charge in [-0.1, -0.05) is 11.2 Å². The molecule has 0 radical (unpaired) electrons. The lowest BCUT2D eigenvalue weighted by molar-refractivity contribution is -0.153. The van der Waals surface area contributed by atoms with E-state index in [1.54, 1.807) is 18.2 Å². The summed E-state index contributed by atoms with van der Waals surface area (Å²) in [6.45, 7) is 1.50. The Morgan fingerprint density at radius 2 is 2.00 bits per heavy atom. The number of esters is 1. The molecule has 1 amide bonds. The van der Waals surface area contributed by atoms with Crippen LogP contribution in [0.15, 0.2) is 40.2 Å². The smallest absolute Gasteiger partial charge is 0.307 e. The zero-order valence-electron chi connectivity index (χ0n) is 16.7. The van der Waals surface area contributed by atoms with E-state index in [-0.39, 0.29) is 12.8 Å². The molecule has 1 atom stereocenters. The second-order valence-corrected chi connectivity index (χ2v) is 7.13. The van der Waals surface area contributed by atoms with Crippen molar-refractivity contribution in [2.75, 3.05) is 19.5 Å². The van der Waals surface area contributed by atoms with Gasteiger partial charge in [0.2, 0.25) is 11.7 Å². The number of carbonyl (C=O) groups is 2. The van der Waals surface area contributed by atoms with Crippen molar-refractivity contribution in [2.45, 2.75) is 25.9 Å². The van der Waals surface area contributed by atoms with E-state index < -0.39 is 18.0 Å². The molecule has 0 aliphatic carbocycles. The monoisotopic (exact) mass is 431 g/mol. The van der Waals surface area contributed by atoms with Crippen LogP contribution in [0.2, 0.25) is 0 Å². The van der Waals surface area contributed by atoms with Crippen LogP contribution in [-0.2, 0) is 20.7 Å². The number of thiophene rings is 1. The number of nitrogens with one attached hydrogen (secondary N) is 1. The summed E-state index contributed by atoms with van der Waals surface area (Å²) >= 11 is 1.49. The number of aromatic nitrogens is 2. The van der Waals surface area contributed by atoms with Crippen molar-refractivity contribution in [3.8, 4) is 22.2 Å². The van der Waals surface area contributed by atoms with Crippen LogP contribution in [0.4, 0.5) is 5.69 Å². The highest BCUT2D eigenvalue weighted by Crippen LogP contribution is 2.29. The molecule has 0 spiro atoms. The van der Waals surface area contributed by atoms with Crippen molar-refractivity contribution in [3.05, 3.63) is 41.6 Å². The zero-order valence-corrected chi connectivity index (χ0v) is 17.5. The first-order valence-electron chi connectivity index (χ1n) is 9.09. The molecule has 0 bridgehead atoms. The van der Waals surface area contributed by atoms with E-state index in [0.29, 0.717) is 28.9 Å². The largest absolute Gasteiger partial charge is 0.493 e. The summed E-state index contributed by atoms with van der Waals surface area (Å²) in [5, 5.41) is 8.48. The Morgan fingerprint density at radius 1 is 1.20 bits per heavy atom. The summed E-state index contributed by atoms with van der Waals surface area (Å²) in [4.78, 5) is 29.5. The van der Waals surface area contributed by atoms with Crippen LogP contribution in [-0.4, -0.2) is 42.3 Å². The highest BCUT2D eigenvalue weighted by atomic mass is 32.1. The second-order valence-electron chi connectivity index (χ2n) is 6.18. The number of ether oxygens (including phenoxy) is 3. The molecule has 0 aliphatic heterocycles. The van der Waals surface area contributed by atoms with Gasteiger partial charge in [0.1, 0.15) is 0 Å². The maximum Gasteiger partial charge on any atom is 0.307 e. The Kier molecular flexibility index (Phi) is 7.02. The molecule has 2 heterocycles. The van der Waals surface area contributed by atoms with Crippen molar-refractivity contribution in [1.82, 2.24) is 10.1 Å². The summed E-state index contributed by atoms with van der Waals surface area (Å²) in [6, 6.07) is 8.72. The fourth-order valence-electron chi connectivity index (χ4n) is 2.54. The number of methoxy groups -OCH3 is 2. The summed E-state index contributed by atoms with van der Waals surface area (Å²) in [5.41, 5.74) is 0.493. The van der Waals surface area contributed by atoms with Crippen LogP contribution in [0, 0.1) is 0 Å². The molecule has 0 fully saturated rings. The Labute approximate surface area is 177 Å². The Morgan fingerprint density at radius 3 is 2.70 bits per heavy atom. The number of hydrogen-bond donors (Lipinski definition) is 1. The molecule has 1 unspecified atom stereocenters. The summed E-state index contributed by atoms with van der Waals surface area (Å²) in [7, 11) is 3.02. The van der Waals surface area contributed by atoms with Crippen LogP contribution in [0.25, 0.3) is 10.7 Å². The molecule has 30 heavy (non-hydrogen) atoms. The molecule has 2 aromatic heterocycles. The molecule has 3 aromatic rings. The fourth-order valence-corrected chi connectivity index (χ4v) is 3.19. The van der Waals surface area contributed by atoms with Gasteiger partial charge in [0.05, 0.1) is 25.5 Å². The van der Waals surface area contributed by atoms with E-state index in [1.165, 1.54) is 32.5 Å². The average molecular weight is 431 g/mol. The topological polar surface area (TPSA) is 113 Å². The quantitative estimate of drug-likeness (QED) is 0.514. The number of hydrogen-bond acceptors (Lipinski definition) is 9. The van der Waals surface area contributed by atoms with Crippen LogP contribution < -0.4 is 14.8 Å². The van der Waals surface area contributed by atoms with Gasteiger partial charge in [0.15, 0.2) is 17.6 Å². The number of aryl methyl sites for hydroxylation is 1. The molecule has 158 valence electrons. The number of amides is 1. The molecule has 3 rings (SSSR count). The molecule has 0 aliphatic rings. The van der Waals surface area contributed by atoms with E-state index in [9.17, 15) is 9.59 Å². The second kappa shape index (κ2) is 9.88. The van der Waals surface area contributed by atoms with E-state index in [4.69, 9.17) is 18.7 Å². The van der Waals surface area contributed by atoms with Crippen molar-refractivity contribution >= 4 is 28.9 Å². The molecule has 10 heteroatoms. The predicted molar refractivity (Wildman–Crippen MR) is 110 cm³/mol. The molecule has 9 nitrogen and oxygen atoms in total. The zero-order chi connectivity index (χ0) is 21.5. The van der Waals surface area contributed by atoms with Gasteiger partial charge >= 0.3 is 5.97 Å². The van der Waals surface area contributed by atoms with E-state index in [1.807, 2.05) is 17.5 Å². The van der Waals surface area contributed by atoms with Gasteiger partial charge in [-0.3, -0.25) is 9.59 Å². The highest BCUT2D eigenvalue weighted by molar-refractivity contribution is 7.13. The predicted octanol–water partition coefficient (Wildman–Crippen LogP) is 3.32. The van der Waals surface area contributed by atoms with Crippen LogP contribution in [0.5, 0.6) is 11.5 Å². The molecular formula is C20H21N3O6S. The van der Waals surface area contributed by atoms with Gasteiger partial charge in [0, 0.05) is 18.2 Å². The van der Waals surface area contributed by atoms with Crippen LogP contribution >= 0.6 is 11.3 Å². The van der Waals surface area contributed by atoms with E-state index >= 15 is 0 Å². The maximum absolute atomic E-state index is 12.3. The fraction of sp³-hybridized carbons (Fsp3) is 0.300. The third kappa shape index (κ3) is 5.35. The minimum absolute atomic E-state index is 0.0139. The third-order valence-corrected chi connectivity index (χ3v) is 4.95. The first kappa shape index (κ1) is 21.3. The first-order chi connectivity index (χ1) is 14.5. The first-order valence-corrected chi connectivity index (χ1v) is 9.97. The van der Waals surface area contributed by atoms with Gasteiger partial charge < -0.3 is 24.1 Å². The Hall–Kier alpha value is -3.40. The molecule has 1 N–H and O–H groups in total. The van der Waals surface area contributed by atoms with Crippen molar-refractivity contribution in [2.24, 2.45) is 0 Å². The number of nitrogens with zero attached hydrogens (tertiary/aromatic N) is 2. The van der Waals surface area contributed by atoms with Crippen molar-refractivity contribution < 1.29 is 28.3 Å². The lowest BCUT2D eigenvalue weighted by Crippen LogP contribution is -2.30. The average Bonchev–Trinajstić information content (AvgIpc) is 3.43. The normalized spacial score (nSPS) is 11.6. The van der Waals surface area contributed by atoms with Crippen molar-refractivity contribution in [3.63, 3.8) is 0 Å². The summed E-state index contributed by atoms with van der Waals surface area (Å²) in [5.74, 6) is 0.822. The summed E-state index contributed by atoms with van der Waals surface area (Å²) in [6.07, 6.45) is -0.740. The number of benzene rings is 1. The third-order valence-electron chi connectivity index (χ3n) is 4.08. The number of anilines is 1. The standard InChI is InChI=1S/C20H21N3O6S/c1-12(20(25)21-13-6-7-14(26-2)15(11-13)27-3)28-18(24)9-8-17-22-19(23-29-17)16-5-4-10-30-16/h4-7,10-12H,8-9H2,1-3H3,(H,21,25). The van der Waals surface area contributed by atoms with Gasteiger partial charge in [0.25, 0.3) is 5.91 Å². The lowest BCUT2D eigenvalue weighted by atomic mass is 10.2. The Balaban J connectivity index is 1.48. The SMILES string of the molecule is COc1ccc(NC(=O)C(C)OC(=O)CCc2nc(-c3cccs3)no2)cc1OC. The molecule has 0 saturated heterocycles. The van der Waals surface area contributed by atoms with Crippen LogP contribution in [0.3, 0.4) is 0 Å². The van der Waals surface area contributed by atoms with Crippen molar-refractivity contribution in [1.29, 1.82) is 0 Å².